The minimum Gasteiger partial charge on any atom is -0.280 e. The first kappa shape index (κ1) is 10.4. The molecule has 1 aromatic heterocycles. The van der Waals surface area contributed by atoms with Gasteiger partial charge >= 0.3 is 5.69 Å². The first-order chi connectivity index (χ1) is 5.18. The van der Waals surface area contributed by atoms with Gasteiger partial charge in [-0.2, -0.15) is 9.97 Å². The van der Waals surface area contributed by atoms with Crippen molar-refractivity contribution in [2.24, 2.45) is 0 Å². The molecule has 0 aliphatic carbocycles. The maximum Gasteiger partial charge on any atom is 0.350 e. The molecule has 0 aliphatic heterocycles. The number of nitrogens with zero attached hydrogens (tertiary/aromatic N) is 2. The average molecular weight is 196 g/mol. The SMILES string of the molecule is CC.O=c1nc(Cl)nc(Cl)[nH]1. The highest BCUT2D eigenvalue weighted by molar-refractivity contribution is 6.30. The molecule has 0 unspecified atom stereocenters. The molecule has 0 bridgehead atoms. The summed E-state index contributed by atoms with van der Waals surface area (Å²) >= 11 is 10.5. The van der Waals surface area contributed by atoms with Crippen molar-refractivity contribution in [2.75, 3.05) is 0 Å². The van der Waals surface area contributed by atoms with Gasteiger partial charge in [0.05, 0.1) is 0 Å². The zero-order valence-corrected chi connectivity index (χ0v) is 7.57. The standard InChI is InChI=1S/C3HCl2N3O.C2H6/c4-1-6-2(5)8-3(9)7-1;1-2/h(H,6,7,8,9);1-2H3. The van der Waals surface area contributed by atoms with Crippen LogP contribution in [0.25, 0.3) is 0 Å². The summed E-state index contributed by atoms with van der Waals surface area (Å²) in [6.45, 7) is 4.00. The molecule has 1 N–H and O–H groups in total. The van der Waals surface area contributed by atoms with Crippen LogP contribution < -0.4 is 5.69 Å². The second kappa shape index (κ2) is 5.09. The van der Waals surface area contributed by atoms with Gasteiger partial charge in [-0.3, -0.25) is 4.98 Å². The van der Waals surface area contributed by atoms with Crippen LogP contribution in [-0.4, -0.2) is 15.0 Å². The zero-order valence-electron chi connectivity index (χ0n) is 6.06. The molecule has 0 saturated carbocycles. The third-order valence-electron chi connectivity index (χ3n) is 0.594. The molecule has 0 atom stereocenters. The molecule has 1 heterocycles. The van der Waals surface area contributed by atoms with E-state index in [4.69, 9.17) is 23.2 Å². The van der Waals surface area contributed by atoms with Crippen molar-refractivity contribution in [1.82, 2.24) is 15.0 Å². The van der Waals surface area contributed by atoms with Crippen LogP contribution in [0.3, 0.4) is 0 Å². The second-order valence-corrected chi connectivity index (χ2v) is 1.91. The Labute approximate surface area is 73.6 Å². The van der Waals surface area contributed by atoms with E-state index in [1.54, 1.807) is 0 Å². The van der Waals surface area contributed by atoms with E-state index in [0.717, 1.165) is 0 Å². The van der Waals surface area contributed by atoms with Crippen LogP contribution in [0.4, 0.5) is 0 Å². The summed E-state index contributed by atoms with van der Waals surface area (Å²) in [5.41, 5.74) is -0.597. The van der Waals surface area contributed by atoms with Gasteiger partial charge in [-0.05, 0) is 23.2 Å². The smallest absolute Gasteiger partial charge is 0.280 e. The van der Waals surface area contributed by atoms with Crippen molar-refractivity contribution in [3.63, 3.8) is 0 Å². The van der Waals surface area contributed by atoms with Gasteiger partial charge in [0.15, 0.2) is 0 Å². The molecule has 0 fully saturated rings. The summed E-state index contributed by atoms with van der Waals surface area (Å²) in [6, 6.07) is 0. The fourth-order valence-electron chi connectivity index (χ4n) is 0.334. The molecule has 0 amide bonds. The molecular weight excluding hydrogens is 189 g/mol. The van der Waals surface area contributed by atoms with Crippen LogP contribution >= 0.6 is 23.2 Å². The van der Waals surface area contributed by atoms with Crippen LogP contribution in [0, 0.1) is 0 Å². The van der Waals surface area contributed by atoms with E-state index >= 15 is 0 Å². The van der Waals surface area contributed by atoms with E-state index in [-0.39, 0.29) is 10.6 Å². The molecule has 0 radical (unpaired) electrons. The van der Waals surface area contributed by atoms with Gasteiger partial charge in [0.25, 0.3) is 0 Å². The maximum absolute atomic E-state index is 10.3. The largest absolute Gasteiger partial charge is 0.350 e. The number of H-pyrrole nitrogens is 1. The van der Waals surface area contributed by atoms with Crippen LogP contribution in [0.2, 0.25) is 10.6 Å². The van der Waals surface area contributed by atoms with Crippen molar-refractivity contribution < 1.29 is 0 Å². The van der Waals surface area contributed by atoms with E-state index in [0.29, 0.717) is 0 Å². The fourth-order valence-corrected chi connectivity index (χ4v) is 0.699. The van der Waals surface area contributed by atoms with Crippen molar-refractivity contribution in [3.8, 4) is 0 Å². The second-order valence-electron chi connectivity index (χ2n) is 1.21. The first-order valence-corrected chi connectivity index (χ1v) is 3.73. The average Bonchev–Trinajstić information content (AvgIpc) is 1.88. The maximum atomic E-state index is 10.3. The Morgan fingerprint density at radius 3 is 2.18 bits per heavy atom. The van der Waals surface area contributed by atoms with Gasteiger partial charge < -0.3 is 0 Å². The summed E-state index contributed by atoms with van der Waals surface area (Å²) in [7, 11) is 0. The topological polar surface area (TPSA) is 58.6 Å². The van der Waals surface area contributed by atoms with Gasteiger partial charge in [0.1, 0.15) is 0 Å². The quantitative estimate of drug-likeness (QED) is 0.683. The molecular formula is C5H7Cl2N3O. The number of halogens is 2. The molecule has 0 aliphatic rings. The molecule has 0 aromatic carbocycles. The Balaban J connectivity index is 0.000000461. The van der Waals surface area contributed by atoms with Crippen LogP contribution in [0.5, 0.6) is 0 Å². The lowest BCUT2D eigenvalue weighted by atomic mass is 11.0. The molecule has 0 saturated heterocycles. The molecule has 11 heavy (non-hydrogen) atoms. The summed E-state index contributed by atoms with van der Waals surface area (Å²) in [4.78, 5) is 19.0. The molecule has 4 nitrogen and oxygen atoms in total. The predicted octanol–water partition coefficient (Wildman–Crippen LogP) is 1.50. The van der Waals surface area contributed by atoms with Gasteiger partial charge in [-0.25, -0.2) is 4.79 Å². The van der Waals surface area contributed by atoms with E-state index in [2.05, 4.69) is 15.0 Å². The molecule has 1 aromatic rings. The number of nitrogens with one attached hydrogen (secondary N) is 1. The van der Waals surface area contributed by atoms with Crippen LogP contribution in [-0.2, 0) is 0 Å². The Bertz CT molecular complexity index is 249. The number of hydrogen-bond acceptors (Lipinski definition) is 3. The van der Waals surface area contributed by atoms with Gasteiger partial charge in [-0.1, -0.05) is 13.8 Å². The lowest BCUT2D eigenvalue weighted by Crippen LogP contribution is -2.11. The normalized spacial score (nSPS) is 8.36. The highest BCUT2D eigenvalue weighted by Gasteiger charge is 1.93. The highest BCUT2D eigenvalue weighted by Crippen LogP contribution is 1.98. The van der Waals surface area contributed by atoms with Crippen molar-refractivity contribution in [2.45, 2.75) is 13.8 Å². The fraction of sp³-hybridized carbons (Fsp3) is 0.400. The van der Waals surface area contributed by atoms with Crippen LogP contribution in [0.1, 0.15) is 13.8 Å². The monoisotopic (exact) mass is 195 g/mol. The molecule has 6 heteroatoms. The Hall–Kier alpha value is -0.610. The minimum atomic E-state index is -0.597. The lowest BCUT2D eigenvalue weighted by Gasteiger charge is -1.85. The van der Waals surface area contributed by atoms with E-state index in [1.165, 1.54) is 0 Å². The summed E-state index contributed by atoms with van der Waals surface area (Å²) in [5.74, 6) is 0. The lowest BCUT2D eigenvalue weighted by molar-refractivity contribution is 0.986. The van der Waals surface area contributed by atoms with Gasteiger partial charge in [0, 0.05) is 0 Å². The van der Waals surface area contributed by atoms with E-state index in [1.807, 2.05) is 13.8 Å². The number of aromatic nitrogens is 3. The third-order valence-corrected chi connectivity index (χ3v) is 0.942. The minimum absolute atomic E-state index is 0.0556. The Morgan fingerprint density at radius 1 is 1.27 bits per heavy atom. The van der Waals surface area contributed by atoms with Crippen molar-refractivity contribution >= 4 is 23.2 Å². The molecule has 1 rings (SSSR count). The van der Waals surface area contributed by atoms with Crippen molar-refractivity contribution in [1.29, 1.82) is 0 Å². The molecule has 62 valence electrons. The van der Waals surface area contributed by atoms with E-state index < -0.39 is 5.69 Å². The number of aromatic amines is 1. The summed E-state index contributed by atoms with van der Waals surface area (Å²) in [6.07, 6.45) is 0. The summed E-state index contributed by atoms with van der Waals surface area (Å²) < 4.78 is 0. The van der Waals surface area contributed by atoms with E-state index in [9.17, 15) is 4.79 Å². The zero-order chi connectivity index (χ0) is 8.85. The third kappa shape index (κ3) is 3.95. The van der Waals surface area contributed by atoms with Crippen molar-refractivity contribution in [3.05, 3.63) is 21.1 Å². The Morgan fingerprint density at radius 2 is 1.82 bits per heavy atom. The van der Waals surface area contributed by atoms with Gasteiger partial charge in [-0.15, -0.1) is 0 Å². The Kier molecular flexibility index (Phi) is 4.81. The summed E-state index contributed by atoms with van der Waals surface area (Å²) in [5, 5.41) is -0.205. The predicted molar refractivity (Wildman–Crippen MR) is 44.0 cm³/mol. The van der Waals surface area contributed by atoms with Gasteiger partial charge in [0.2, 0.25) is 10.6 Å². The highest BCUT2D eigenvalue weighted by atomic mass is 35.5. The van der Waals surface area contributed by atoms with Crippen LogP contribution in [0.15, 0.2) is 4.79 Å². The number of rotatable bonds is 0. The number of hydrogen-bond donors (Lipinski definition) is 1. The first-order valence-electron chi connectivity index (χ1n) is 2.98. The molecule has 0 spiro atoms.